The maximum atomic E-state index is 12.2. The molecule has 0 spiro atoms. The minimum Gasteiger partial charge on any atom is -0.501 e. The van der Waals surface area contributed by atoms with E-state index in [1.165, 1.54) is 16.7 Å². The van der Waals surface area contributed by atoms with Crippen LogP contribution >= 0.6 is 0 Å². The first-order chi connectivity index (χ1) is 17.4. The highest BCUT2D eigenvalue weighted by Crippen LogP contribution is 2.37. The van der Waals surface area contributed by atoms with Crippen molar-refractivity contribution in [1.29, 1.82) is 0 Å². The van der Waals surface area contributed by atoms with Gasteiger partial charge >= 0.3 is 0 Å². The summed E-state index contributed by atoms with van der Waals surface area (Å²) in [6.45, 7) is 4.50. The van der Waals surface area contributed by atoms with Gasteiger partial charge in [-0.05, 0) is 67.0 Å². The number of benzene rings is 1. The van der Waals surface area contributed by atoms with Crippen molar-refractivity contribution < 1.29 is 9.53 Å². The average molecular weight is 509 g/mol. The van der Waals surface area contributed by atoms with Gasteiger partial charge in [0.1, 0.15) is 11.1 Å². The summed E-state index contributed by atoms with van der Waals surface area (Å²) in [6.07, 6.45) is 12.5. The number of carbonyl (C=O) groups excluding carboxylic acids is 1. The normalized spacial score (nSPS) is 25.5. The van der Waals surface area contributed by atoms with Crippen LogP contribution < -0.4 is 4.72 Å². The first-order valence-corrected chi connectivity index (χ1v) is 13.8. The highest BCUT2D eigenvalue weighted by molar-refractivity contribution is 7.87. The third kappa shape index (κ3) is 5.27. The molecule has 8 nitrogen and oxygen atoms in total. The van der Waals surface area contributed by atoms with Gasteiger partial charge in [0, 0.05) is 50.6 Å². The van der Waals surface area contributed by atoms with Gasteiger partial charge < -0.3 is 14.4 Å². The Balaban J connectivity index is 1.28. The predicted octanol–water partition coefficient (Wildman–Crippen LogP) is 3.88. The van der Waals surface area contributed by atoms with Crippen LogP contribution in [0.5, 0.6) is 0 Å². The Bertz CT molecular complexity index is 1180. The summed E-state index contributed by atoms with van der Waals surface area (Å²) in [5.41, 5.74) is 4.89. The number of carbonyl (C=O) groups is 1. The third-order valence-electron chi connectivity index (χ3n) is 7.30. The molecule has 3 heterocycles. The zero-order valence-electron chi connectivity index (χ0n) is 21.6. The van der Waals surface area contributed by atoms with E-state index in [0.29, 0.717) is 12.5 Å². The monoisotopic (exact) mass is 508 g/mol. The van der Waals surface area contributed by atoms with Crippen LogP contribution in [-0.2, 0) is 33.4 Å². The van der Waals surface area contributed by atoms with Crippen LogP contribution in [0.3, 0.4) is 0 Å². The molecule has 0 fully saturated rings. The molecule has 1 aromatic carbocycles. The molecule has 1 aliphatic carbocycles. The van der Waals surface area contributed by atoms with Gasteiger partial charge in [-0.15, -0.1) is 0 Å². The molecule has 3 unspecified atom stereocenters. The van der Waals surface area contributed by atoms with E-state index >= 15 is 0 Å². The number of methoxy groups -OCH3 is 1. The Kier molecular flexibility index (Phi) is 7.29. The fourth-order valence-corrected chi connectivity index (χ4v) is 6.28. The van der Waals surface area contributed by atoms with Crippen molar-refractivity contribution in [2.75, 3.05) is 45.6 Å². The van der Waals surface area contributed by atoms with Crippen molar-refractivity contribution in [3.05, 3.63) is 65.1 Å². The van der Waals surface area contributed by atoms with E-state index in [0.717, 1.165) is 56.1 Å². The number of rotatable bonds is 6. The Hall–Kier alpha value is -2.91. The number of hydrogen-bond donors (Lipinski definition) is 1. The number of amides is 1. The Morgan fingerprint density at radius 1 is 1.22 bits per heavy atom. The average Bonchev–Trinajstić information content (AvgIpc) is 3.18. The summed E-state index contributed by atoms with van der Waals surface area (Å²) in [5.74, 6) is 2.84. The lowest BCUT2D eigenvalue weighted by molar-refractivity contribution is -0.129. The summed E-state index contributed by atoms with van der Waals surface area (Å²) < 4.78 is 19.1. The molecule has 3 aliphatic heterocycles. The summed E-state index contributed by atoms with van der Waals surface area (Å²) >= 11 is -0.693. The number of likely N-dealkylation sites (N-methyl/N-ethyl adjacent to an activating group) is 1. The quantitative estimate of drug-likeness (QED) is 0.632. The largest absolute Gasteiger partial charge is 0.501 e. The third-order valence-corrected chi connectivity index (χ3v) is 8.39. The van der Waals surface area contributed by atoms with Crippen molar-refractivity contribution >= 4 is 28.5 Å². The van der Waals surface area contributed by atoms with E-state index in [1.54, 1.807) is 12.0 Å². The van der Waals surface area contributed by atoms with E-state index in [-0.39, 0.29) is 11.8 Å². The molecule has 36 heavy (non-hydrogen) atoms. The molecule has 1 aromatic rings. The predicted molar refractivity (Wildman–Crippen MR) is 146 cm³/mol. The van der Waals surface area contributed by atoms with Crippen molar-refractivity contribution in [3.8, 4) is 0 Å². The van der Waals surface area contributed by atoms with Gasteiger partial charge in [-0.25, -0.2) is 5.01 Å². The highest BCUT2D eigenvalue weighted by atomic mass is 32.2. The molecule has 0 saturated carbocycles. The van der Waals surface area contributed by atoms with E-state index in [9.17, 15) is 4.79 Å². The zero-order valence-corrected chi connectivity index (χ0v) is 22.4. The number of nitrogens with one attached hydrogen (secondary N) is 1. The number of hydrogen-bond acceptors (Lipinski definition) is 7. The SMILES string of the molecule is COC1=CC(C)CCC1C1=CC=CN2N=S(Nc3ccc4c(c3)CCN(CC(=O)N(C)C)CC4)N=C12. The van der Waals surface area contributed by atoms with Crippen LogP contribution in [0.15, 0.2) is 62.8 Å². The molecule has 0 bridgehead atoms. The van der Waals surface area contributed by atoms with Gasteiger partial charge in [-0.1, -0.05) is 23.5 Å². The Morgan fingerprint density at radius 2 is 2.03 bits per heavy atom. The Labute approximate surface area is 216 Å². The first-order valence-electron chi connectivity index (χ1n) is 12.7. The van der Waals surface area contributed by atoms with Crippen LogP contribution in [0.25, 0.3) is 0 Å². The summed E-state index contributed by atoms with van der Waals surface area (Å²) in [5, 5.41) is 1.90. The Morgan fingerprint density at radius 3 is 2.81 bits per heavy atom. The van der Waals surface area contributed by atoms with Gasteiger partial charge in [0.15, 0.2) is 5.84 Å². The number of nitrogens with zero attached hydrogens (tertiary/aromatic N) is 5. The minimum atomic E-state index is -0.693. The molecule has 0 saturated heterocycles. The highest BCUT2D eigenvalue weighted by Gasteiger charge is 2.33. The smallest absolute Gasteiger partial charge is 0.236 e. The van der Waals surface area contributed by atoms with Crippen molar-refractivity contribution in [3.63, 3.8) is 0 Å². The molecule has 3 atom stereocenters. The number of allylic oxidation sites excluding steroid dienone is 4. The van der Waals surface area contributed by atoms with Crippen LogP contribution in [0.2, 0.25) is 0 Å². The van der Waals surface area contributed by atoms with Crippen LogP contribution in [-0.4, -0.2) is 67.4 Å². The van der Waals surface area contributed by atoms with Crippen molar-refractivity contribution in [2.24, 2.45) is 20.7 Å². The van der Waals surface area contributed by atoms with E-state index in [2.05, 4.69) is 46.9 Å². The fraction of sp³-hybridized carbons (Fsp3) is 0.481. The lowest BCUT2D eigenvalue weighted by Gasteiger charge is -2.30. The standard InChI is InChI=1S/C27H36N6O2S/c1-19-7-10-23(25(16-19)35-4)24-6-5-13-33-27(24)29-36(30-33)28-22-9-8-20-11-14-32(15-12-21(20)17-22)18-26(34)31(2)3/h5-6,8-9,13,16-17,19,23H,7,10-12,14-15,18H2,1-4H3,(H,28,30). The molecule has 4 aliphatic rings. The zero-order chi connectivity index (χ0) is 25.2. The van der Waals surface area contributed by atoms with Crippen molar-refractivity contribution in [2.45, 2.75) is 32.6 Å². The molecular weight excluding hydrogens is 472 g/mol. The molecule has 192 valence electrons. The fourth-order valence-electron chi connectivity index (χ4n) is 5.17. The molecule has 1 amide bonds. The van der Waals surface area contributed by atoms with Gasteiger partial charge in [-0.2, -0.15) is 4.40 Å². The number of anilines is 1. The second-order valence-electron chi connectivity index (χ2n) is 10.1. The number of fused-ring (bicyclic) bond motifs is 2. The molecule has 5 rings (SSSR count). The molecule has 9 heteroatoms. The first kappa shape index (κ1) is 24.8. The maximum Gasteiger partial charge on any atom is 0.236 e. The minimum absolute atomic E-state index is 0.154. The molecule has 0 radical (unpaired) electrons. The summed E-state index contributed by atoms with van der Waals surface area (Å²) in [4.78, 5) is 16.1. The maximum absolute atomic E-state index is 12.2. The molecular formula is C27H36N6O2S. The lowest BCUT2D eigenvalue weighted by atomic mass is 9.82. The molecule has 1 N–H and O–H groups in total. The van der Waals surface area contributed by atoms with Gasteiger partial charge in [-0.3, -0.25) is 9.69 Å². The number of amidine groups is 1. The summed E-state index contributed by atoms with van der Waals surface area (Å²) in [7, 11) is 5.39. The van der Waals surface area contributed by atoms with Gasteiger partial charge in [0.05, 0.1) is 19.4 Å². The number of ether oxygens (including phenoxy) is 1. The van der Waals surface area contributed by atoms with E-state index in [1.807, 2.05) is 31.4 Å². The van der Waals surface area contributed by atoms with E-state index in [4.69, 9.17) is 13.6 Å². The van der Waals surface area contributed by atoms with Gasteiger partial charge in [0.25, 0.3) is 0 Å². The second-order valence-corrected chi connectivity index (χ2v) is 11.2. The lowest BCUT2D eigenvalue weighted by Crippen LogP contribution is -2.37. The topological polar surface area (TPSA) is 72.8 Å². The molecule has 0 aromatic heterocycles. The summed E-state index contributed by atoms with van der Waals surface area (Å²) in [6, 6.07) is 6.56. The van der Waals surface area contributed by atoms with Crippen LogP contribution in [0.1, 0.15) is 30.9 Å². The van der Waals surface area contributed by atoms with Gasteiger partial charge in [0.2, 0.25) is 5.91 Å². The van der Waals surface area contributed by atoms with Crippen LogP contribution in [0, 0.1) is 11.8 Å². The van der Waals surface area contributed by atoms with Crippen LogP contribution in [0.4, 0.5) is 5.69 Å². The van der Waals surface area contributed by atoms with E-state index < -0.39 is 11.1 Å². The van der Waals surface area contributed by atoms with Crippen molar-refractivity contribution in [1.82, 2.24) is 14.8 Å². The second kappa shape index (κ2) is 10.6.